The highest BCUT2D eigenvalue weighted by atomic mass is 32.2. The predicted molar refractivity (Wildman–Crippen MR) is 122 cm³/mol. The summed E-state index contributed by atoms with van der Waals surface area (Å²) < 4.78 is 38.4. The molecule has 10 nitrogen and oxygen atoms in total. The predicted octanol–water partition coefficient (Wildman–Crippen LogP) is 3.96. The van der Waals surface area contributed by atoms with E-state index in [4.69, 9.17) is 9.47 Å². The molecule has 0 aliphatic rings. The van der Waals surface area contributed by atoms with E-state index in [2.05, 4.69) is 4.72 Å². The largest absolute Gasteiger partial charge is 0.496 e. The first kappa shape index (κ1) is 24.4. The van der Waals surface area contributed by atoms with E-state index < -0.39 is 26.6 Å². The molecule has 0 amide bonds. The van der Waals surface area contributed by atoms with E-state index in [1.807, 2.05) is 0 Å². The van der Waals surface area contributed by atoms with Gasteiger partial charge in [-0.25, -0.2) is 13.2 Å². The normalized spacial score (nSPS) is 10.9. The number of non-ortho nitro benzene ring substituents is 1. The second-order valence-corrected chi connectivity index (χ2v) is 8.75. The summed E-state index contributed by atoms with van der Waals surface area (Å²) in [6, 6.07) is 15.0. The van der Waals surface area contributed by atoms with Crippen molar-refractivity contribution in [1.29, 1.82) is 0 Å². The van der Waals surface area contributed by atoms with Crippen molar-refractivity contribution in [3.05, 3.63) is 93.5 Å². The average molecular weight is 484 g/mol. The van der Waals surface area contributed by atoms with Crippen molar-refractivity contribution >= 4 is 33.2 Å². The number of hydrogen-bond donors (Lipinski definition) is 1. The molecule has 11 heteroatoms. The van der Waals surface area contributed by atoms with Gasteiger partial charge in [0.05, 0.1) is 28.2 Å². The Hall–Kier alpha value is -4.25. The van der Waals surface area contributed by atoms with E-state index in [0.717, 1.165) is 6.07 Å². The lowest BCUT2D eigenvalue weighted by Gasteiger charge is -2.14. The molecule has 0 saturated heterocycles. The van der Waals surface area contributed by atoms with Gasteiger partial charge in [-0.3, -0.25) is 19.6 Å². The van der Waals surface area contributed by atoms with Gasteiger partial charge in [0.1, 0.15) is 12.4 Å². The summed E-state index contributed by atoms with van der Waals surface area (Å²) in [4.78, 5) is 34.4. The molecule has 0 heterocycles. The van der Waals surface area contributed by atoms with Crippen molar-refractivity contribution < 1.29 is 32.4 Å². The van der Waals surface area contributed by atoms with Crippen LogP contribution in [0.1, 0.15) is 33.2 Å². The lowest BCUT2D eigenvalue weighted by atomic mass is 10.1. The Bertz CT molecular complexity index is 1370. The minimum Gasteiger partial charge on any atom is -0.496 e. The number of ketones is 1. The Morgan fingerprint density at radius 1 is 1.03 bits per heavy atom. The first-order valence-electron chi connectivity index (χ1n) is 9.83. The molecule has 0 aromatic heterocycles. The third kappa shape index (κ3) is 5.56. The Morgan fingerprint density at radius 2 is 1.76 bits per heavy atom. The van der Waals surface area contributed by atoms with E-state index in [1.54, 1.807) is 18.2 Å². The fourth-order valence-electron chi connectivity index (χ4n) is 3.05. The van der Waals surface area contributed by atoms with Crippen LogP contribution in [0.2, 0.25) is 0 Å². The zero-order valence-corrected chi connectivity index (χ0v) is 19.0. The Kier molecular flexibility index (Phi) is 7.27. The number of carbonyl (C=O) groups is 2. The molecule has 3 rings (SSSR count). The number of para-hydroxylation sites is 1. The maximum absolute atomic E-state index is 12.8. The number of ether oxygens (including phenoxy) is 2. The van der Waals surface area contributed by atoms with E-state index in [9.17, 15) is 28.1 Å². The second kappa shape index (κ2) is 10.1. The zero-order chi connectivity index (χ0) is 24.9. The molecule has 0 unspecified atom stereocenters. The van der Waals surface area contributed by atoms with Gasteiger partial charge < -0.3 is 9.47 Å². The van der Waals surface area contributed by atoms with Gasteiger partial charge in [0.25, 0.3) is 15.7 Å². The fraction of sp³-hybridized carbons (Fsp3) is 0.130. The standard InChI is InChI=1S/C23H20N2O8S/c1-15(26)16-10-11-22(32-2)17(12-16)14-33-23(27)20-8-3-4-9-21(20)24-34(30,31)19-7-5-6-18(13-19)25(28)29/h3-13,24H,14H2,1-2H3. The van der Waals surface area contributed by atoms with Gasteiger partial charge in [-0.2, -0.15) is 0 Å². The number of esters is 1. The average Bonchev–Trinajstić information content (AvgIpc) is 2.82. The number of rotatable bonds is 9. The van der Waals surface area contributed by atoms with E-state index in [1.165, 1.54) is 56.5 Å². The number of benzene rings is 3. The highest BCUT2D eigenvalue weighted by Gasteiger charge is 2.22. The summed E-state index contributed by atoms with van der Waals surface area (Å²) in [5.74, 6) is -0.582. The molecule has 0 aliphatic heterocycles. The minimum absolute atomic E-state index is 0.0662. The van der Waals surface area contributed by atoms with Crippen LogP contribution in [-0.4, -0.2) is 32.2 Å². The topological polar surface area (TPSA) is 142 Å². The maximum Gasteiger partial charge on any atom is 0.340 e. The Labute approximate surface area is 195 Å². The fourth-order valence-corrected chi connectivity index (χ4v) is 4.17. The smallest absolute Gasteiger partial charge is 0.340 e. The zero-order valence-electron chi connectivity index (χ0n) is 18.2. The van der Waals surface area contributed by atoms with Crippen molar-refractivity contribution in [3.8, 4) is 5.75 Å². The van der Waals surface area contributed by atoms with Gasteiger partial charge in [0.2, 0.25) is 0 Å². The van der Waals surface area contributed by atoms with Crippen LogP contribution in [0.25, 0.3) is 0 Å². The number of hydrogen-bond acceptors (Lipinski definition) is 8. The summed E-state index contributed by atoms with van der Waals surface area (Å²) >= 11 is 0. The van der Waals surface area contributed by atoms with Gasteiger partial charge in [-0.05, 0) is 43.3 Å². The number of methoxy groups -OCH3 is 1. The van der Waals surface area contributed by atoms with Crippen LogP contribution < -0.4 is 9.46 Å². The second-order valence-electron chi connectivity index (χ2n) is 7.06. The van der Waals surface area contributed by atoms with Crippen molar-refractivity contribution in [1.82, 2.24) is 0 Å². The van der Waals surface area contributed by atoms with Gasteiger partial charge >= 0.3 is 5.97 Å². The lowest BCUT2D eigenvalue weighted by molar-refractivity contribution is -0.385. The molecule has 0 spiro atoms. The molecular weight excluding hydrogens is 464 g/mol. The lowest BCUT2D eigenvalue weighted by Crippen LogP contribution is -2.16. The molecule has 0 fully saturated rings. The van der Waals surface area contributed by atoms with Gasteiger partial charge in [0, 0.05) is 23.3 Å². The number of nitro groups is 1. The summed E-state index contributed by atoms with van der Waals surface area (Å²) in [5.41, 5.74) is 0.342. The Morgan fingerprint density at radius 3 is 2.44 bits per heavy atom. The van der Waals surface area contributed by atoms with Crippen LogP contribution >= 0.6 is 0 Å². The monoisotopic (exact) mass is 484 g/mol. The molecule has 0 aliphatic carbocycles. The summed E-state index contributed by atoms with van der Waals surface area (Å²) in [5, 5.41) is 11.0. The van der Waals surface area contributed by atoms with Gasteiger partial charge in [-0.1, -0.05) is 18.2 Å². The van der Waals surface area contributed by atoms with E-state index in [0.29, 0.717) is 16.9 Å². The van der Waals surface area contributed by atoms with Gasteiger partial charge in [0.15, 0.2) is 5.78 Å². The quantitative estimate of drug-likeness (QED) is 0.208. The first-order valence-corrected chi connectivity index (χ1v) is 11.3. The van der Waals surface area contributed by atoms with Crippen LogP contribution in [0, 0.1) is 10.1 Å². The van der Waals surface area contributed by atoms with E-state index in [-0.39, 0.29) is 28.5 Å². The summed E-state index contributed by atoms with van der Waals surface area (Å²) in [7, 11) is -2.80. The summed E-state index contributed by atoms with van der Waals surface area (Å²) in [6.45, 7) is 1.18. The molecule has 3 aromatic carbocycles. The van der Waals surface area contributed by atoms with Gasteiger partial charge in [-0.15, -0.1) is 0 Å². The summed E-state index contributed by atoms with van der Waals surface area (Å²) in [6.07, 6.45) is 0. The number of sulfonamides is 1. The third-order valence-electron chi connectivity index (χ3n) is 4.78. The van der Waals surface area contributed by atoms with Crippen molar-refractivity contribution in [2.75, 3.05) is 11.8 Å². The number of carbonyl (C=O) groups excluding carboxylic acids is 2. The van der Waals surface area contributed by atoms with Crippen LogP contribution in [-0.2, 0) is 21.4 Å². The molecule has 0 radical (unpaired) electrons. The number of nitro benzene ring substituents is 1. The Balaban J connectivity index is 1.84. The van der Waals surface area contributed by atoms with Crippen LogP contribution in [0.5, 0.6) is 5.75 Å². The minimum atomic E-state index is -4.24. The molecular formula is C23H20N2O8S. The molecule has 0 atom stereocenters. The molecule has 176 valence electrons. The molecule has 3 aromatic rings. The van der Waals surface area contributed by atoms with Crippen LogP contribution in [0.15, 0.2) is 71.6 Å². The van der Waals surface area contributed by atoms with E-state index >= 15 is 0 Å². The van der Waals surface area contributed by atoms with Crippen molar-refractivity contribution in [2.24, 2.45) is 0 Å². The molecule has 1 N–H and O–H groups in total. The number of Topliss-reactive ketones (excluding diaryl/α,β-unsaturated/α-hetero) is 1. The van der Waals surface area contributed by atoms with Crippen LogP contribution in [0.4, 0.5) is 11.4 Å². The van der Waals surface area contributed by atoms with Crippen molar-refractivity contribution in [2.45, 2.75) is 18.4 Å². The number of nitrogens with zero attached hydrogens (tertiary/aromatic N) is 1. The highest BCUT2D eigenvalue weighted by Crippen LogP contribution is 2.25. The molecule has 0 bridgehead atoms. The van der Waals surface area contributed by atoms with Crippen molar-refractivity contribution in [3.63, 3.8) is 0 Å². The molecule has 0 saturated carbocycles. The third-order valence-corrected chi connectivity index (χ3v) is 6.14. The maximum atomic E-state index is 12.8. The number of nitrogens with one attached hydrogen (secondary N) is 1. The SMILES string of the molecule is COc1ccc(C(C)=O)cc1COC(=O)c1ccccc1NS(=O)(=O)c1cccc([N+](=O)[O-])c1. The first-order chi connectivity index (χ1) is 16.1. The highest BCUT2D eigenvalue weighted by molar-refractivity contribution is 7.92. The number of anilines is 1. The molecule has 34 heavy (non-hydrogen) atoms. The van der Waals surface area contributed by atoms with Crippen LogP contribution in [0.3, 0.4) is 0 Å².